The number of halogens is 4. The van der Waals surface area contributed by atoms with Crippen molar-refractivity contribution in [3.8, 4) is 0 Å². The van der Waals surface area contributed by atoms with Crippen LogP contribution < -0.4 is 0 Å². The first-order chi connectivity index (χ1) is 9.44. The average molecular weight is 343 g/mol. The molecule has 0 aliphatic rings. The molecular formula is C15H10BrF3O. The first-order valence-electron chi connectivity index (χ1n) is 5.84. The third-order valence-electron chi connectivity index (χ3n) is 2.72. The van der Waals surface area contributed by atoms with Gasteiger partial charge < -0.3 is 0 Å². The molecule has 0 N–H and O–H groups in total. The molecule has 0 saturated heterocycles. The van der Waals surface area contributed by atoms with Crippen LogP contribution in [0.2, 0.25) is 0 Å². The summed E-state index contributed by atoms with van der Waals surface area (Å²) in [5.74, 6) is -2.13. The first kappa shape index (κ1) is 14.8. The van der Waals surface area contributed by atoms with E-state index in [1.165, 1.54) is 18.2 Å². The highest BCUT2D eigenvalue weighted by atomic mass is 79.9. The molecule has 0 bridgehead atoms. The molecule has 0 spiro atoms. The zero-order valence-electron chi connectivity index (χ0n) is 10.3. The molecule has 0 atom stereocenters. The minimum atomic E-state index is -0.722. The lowest BCUT2D eigenvalue weighted by Crippen LogP contribution is -2.08. The molecular weight excluding hydrogens is 333 g/mol. The van der Waals surface area contributed by atoms with Gasteiger partial charge in [0.1, 0.15) is 23.2 Å². The predicted molar refractivity (Wildman–Crippen MR) is 72.9 cm³/mol. The fourth-order valence-corrected chi connectivity index (χ4v) is 2.28. The number of benzene rings is 2. The van der Waals surface area contributed by atoms with Crippen molar-refractivity contribution in [3.05, 3.63) is 69.4 Å². The molecule has 1 nitrogen and oxygen atoms in total. The Balaban J connectivity index is 2.11. The fourth-order valence-electron chi connectivity index (χ4n) is 1.89. The van der Waals surface area contributed by atoms with E-state index in [0.717, 1.165) is 18.2 Å². The molecule has 0 amide bonds. The minimum absolute atomic E-state index is 0.00350. The number of ketones is 1. The monoisotopic (exact) mass is 342 g/mol. The Hall–Kier alpha value is -1.62. The first-order valence-corrected chi connectivity index (χ1v) is 6.64. The maximum absolute atomic E-state index is 13.1. The van der Waals surface area contributed by atoms with Gasteiger partial charge in [0.15, 0.2) is 0 Å². The van der Waals surface area contributed by atoms with Crippen LogP contribution in [-0.4, -0.2) is 5.78 Å². The van der Waals surface area contributed by atoms with Crippen molar-refractivity contribution in [2.75, 3.05) is 0 Å². The summed E-state index contributed by atoms with van der Waals surface area (Å²) in [6.45, 7) is 0. The molecule has 0 saturated carbocycles. The van der Waals surface area contributed by atoms with Crippen LogP contribution in [0.3, 0.4) is 0 Å². The third kappa shape index (κ3) is 3.93. The van der Waals surface area contributed by atoms with Gasteiger partial charge in [0.25, 0.3) is 0 Å². The normalized spacial score (nSPS) is 10.6. The molecule has 2 aromatic carbocycles. The maximum Gasteiger partial charge on any atom is 0.141 e. The Kier molecular flexibility index (Phi) is 4.60. The summed E-state index contributed by atoms with van der Waals surface area (Å²) >= 11 is 3.23. The van der Waals surface area contributed by atoms with Crippen LogP contribution >= 0.6 is 15.9 Å². The van der Waals surface area contributed by atoms with Crippen molar-refractivity contribution in [3.63, 3.8) is 0 Å². The van der Waals surface area contributed by atoms with Crippen LogP contribution in [-0.2, 0) is 17.6 Å². The number of carbonyl (C=O) groups excluding carboxylic acids is 1. The van der Waals surface area contributed by atoms with Crippen molar-refractivity contribution in [1.82, 2.24) is 0 Å². The van der Waals surface area contributed by atoms with Crippen molar-refractivity contribution >= 4 is 21.7 Å². The lowest BCUT2D eigenvalue weighted by atomic mass is 10.0. The second kappa shape index (κ2) is 6.22. The molecule has 0 heterocycles. The van der Waals surface area contributed by atoms with Crippen molar-refractivity contribution in [2.45, 2.75) is 12.8 Å². The molecule has 0 radical (unpaired) electrons. The number of rotatable bonds is 4. The van der Waals surface area contributed by atoms with Crippen molar-refractivity contribution in [2.24, 2.45) is 0 Å². The molecule has 20 heavy (non-hydrogen) atoms. The van der Waals surface area contributed by atoms with E-state index in [1.54, 1.807) is 0 Å². The standard InChI is InChI=1S/C15H10BrF3O/c16-15-2-1-11(17)6-10(15)7-14(20)5-9-3-12(18)8-13(19)4-9/h1-4,6,8H,5,7H2. The molecule has 0 fully saturated rings. The Morgan fingerprint density at radius 3 is 2.20 bits per heavy atom. The lowest BCUT2D eigenvalue weighted by molar-refractivity contribution is -0.117. The van der Waals surface area contributed by atoms with Crippen LogP contribution in [0.15, 0.2) is 40.9 Å². The van der Waals surface area contributed by atoms with E-state index in [0.29, 0.717) is 10.0 Å². The number of carbonyl (C=O) groups is 1. The van der Waals surface area contributed by atoms with Crippen LogP contribution in [0.4, 0.5) is 13.2 Å². The van der Waals surface area contributed by atoms with E-state index in [1.807, 2.05) is 0 Å². The quantitative estimate of drug-likeness (QED) is 0.812. The van der Waals surface area contributed by atoms with Gasteiger partial charge in [0, 0.05) is 23.4 Å². The fraction of sp³-hybridized carbons (Fsp3) is 0.133. The van der Waals surface area contributed by atoms with Gasteiger partial charge in [0.05, 0.1) is 0 Å². The summed E-state index contributed by atoms with van der Waals surface area (Å²) in [7, 11) is 0. The number of Topliss-reactive ketones (excluding diaryl/α,β-unsaturated/α-hetero) is 1. The molecule has 0 unspecified atom stereocenters. The largest absolute Gasteiger partial charge is 0.299 e. The van der Waals surface area contributed by atoms with Gasteiger partial charge in [-0.3, -0.25) is 4.79 Å². The molecule has 5 heteroatoms. The molecule has 2 rings (SSSR count). The Labute approximate surface area is 122 Å². The van der Waals surface area contributed by atoms with Gasteiger partial charge in [-0.1, -0.05) is 15.9 Å². The van der Waals surface area contributed by atoms with Gasteiger partial charge in [0.2, 0.25) is 0 Å². The van der Waals surface area contributed by atoms with E-state index in [9.17, 15) is 18.0 Å². The third-order valence-corrected chi connectivity index (χ3v) is 3.49. The van der Waals surface area contributed by atoms with E-state index in [2.05, 4.69) is 15.9 Å². The Bertz CT molecular complexity index is 635. The Morgan fingerprint density at radius 1 is 0.900 bits per heavy atom. The van der Waals surface area contributed by atoms with Gasteiger partial charge in [-0.15, -0.1) is 0 Å². The van der Waals surface area contributed by atoms with E-state index >= 15 is 0 Å². The summed E-state index contributed by atoms with van der Waals surface area (Å²) in [5, 5.41) is 0. The second-order valence-corrected chi connectivity index (χ2v) is 5.26. The van der Waals surface area contributed by atoms with Gasteiger partial charge in [-0.05, 0) is 41.5 Å². The summed E-state index contributed by atoms with van der Waals surface area (Å²) in [6, 6.07) is 7.02. The number of hydrogen-bond acceptors (Lipinski definition) is 1. The Morgan fingerprint density at radius 2 is 1.55 bits per heavy atom. The summed E-state index contributed by atoms with van der Waals surface area (Å²) < 4.78 is 39.7. The highest BCUT2D eigenvalue weighted by Crippen LogP contribution is 2.19. The minimum Gasteiger partial charge on any atom is -0.299 e. The van der Waals surface area contributed by atoms with Crippen molar-refractivity contribution in [1.29, 1.82) is 0 Å². The van der Waals surface area contributed by atoms with Gasteiger partial charge in [-0.25, -0.2) is 13.2 Å². The van der Waals surface area contributed by atoms with Gasteiger partial charge in [-0.2, -0.15) is 0 Å². The van der Waals surface area contributed by atoms with Crippen LogP contribution in [0.1, 0.15) is 11.1 Å². The van der Waals surface area contributed by atoms with Crippen molar-refractivity contribution < 1.29 is 18.0 Å². The maximum atomic E-state index is 13.1. The molecule has 0 aliphatic heterocycles. The molecule has 2 aromatic rings. The summed E-state index contributed by atoms with van der Waals surface area (Å²) in [4.78, 5) is 11.9. The molecule has 0 aliphatic carbocycles. The van der Waals surface area contributed by atoms with E-state index < -0.39 is 17.5 Å². The molecule has 0 aromatic heterocycles. The van der Waals surface area contributed by atoms with Crippen LogP contribution in [0, 0.1) is 17.5 Å². The molecule has 104 valence electrons. The zero-order valence-corrected chi connectivity index (χ0v) is 11.9. The van der Waals surface area contributed by atoms with Crippen LogP contribution in [0.25, 0.3) is 0 Å². The summed E-state index contributed by atoms with van der Waals surface area (Å²) in [6.07, 6.45) is -0.103. The van der Waals surface area contributed by atoms with Gasteiger partial charge >= 0.3 is 0 Å². The second-order valence-electron chi connectivity index (χ2n) is 4.41. The highest BCUT2D eigenvalue weighted by Gasteiger charge is 2.10. The topological polar surface area (TPSA) is 17.1 Å². The predicted octanol–water partition coefficient (Wildman–Crippen LogP) is 4.22. The zero-order chi connectivity index (χ0) is 14.7. The summed E-state index contributed by atoms with van der Waals surface area (Å²) in [5.41, 5.74) is 0.770. The van der Waals surface area contributed by atoms with Crippen LogP contribution in [0.5, 0.6) is 0 Å². The smallest absolute Gasteiger partial charge is 0.141 e. The van der Waals surface area contributed by atoms with E-state index in [4.69, 9.17) is 0 Å². The van der Waals surface area contributed by atoms with E-state index in [-0.39, 0.29) is 24.2 Å². The SMILES string of the molecule is O=C(Cc1cc(F)cc(F)c1)Cc1cc(F)ccc1Br. The highest BCUT2D eigenvalue weighted by molar-refractivity contribution is 9.10. The average Bonchev–Trinajstić information content (AvgIpc) is 2.32. The lowest BCUT2D eigenvalue weighted by Gasteiger charge is -2.05. The number of hydrogen-bond donors (Lipinski definition) is 0.